The van der Waals surface area contributed by atoms with Crippen LogP contribution in [0, 0.1) is 6.92 Å². The fourth-order valence-corrected chi connectivity index (χ4v) is 4.03. The third-order valence-corrected chi connectivity index (χ3v) is 5.52. The van der Waals surface area contributed by atoms with Gasteiger partial charge in [-0.1, -0.05) is 29.5 Å². The summed E-state index contributed by atoms with van der Waals surface area (Å²) in [6, 6.07) is 8.37. The second-order valence-corrected chi connectivity index (χ2v) is 7.70. The van der Waals surface area contributed by atoms with Gasteiger partial charge in [-0.15, -0.1) is 10.2 Å². The van der Waals surface area contributed by atoms with Gasteiger partial charge in [-0.3, -0.25) is 4.57 Å². The number of aryl methyl sites for hydroxylation is 1. The van der Waals surface area contributed by atoms with E-state index < -0.39 is 0 Å². The third kappa shape index (κ3) is 4.01. The molecule has 4 N–H and O–H groups in total. The normalized spacial score (nSPS) is 14.4. The molecular formula is C18H23N9S. The van der Waals surface area contributed by atoms with Crippen LogP contribution in [0.3, 0.4) is 0 Å². The molecule has 0 bridgehead atoms. The van der Waals surface area contributed by atoms with Gasteiger partial charge in [0, 0.05) is 13.1 Å². The first kappa shape index (κ1) is 18.5. The minimum atomic E-state index is 0.122. The largest absolute Gasteiger partial charge is 0.368 e. The van der Waals surface area contributed by atoms with Crippen molar-refractivity contribution >= 4 is 29.6 Å². The fourth-order valence-electron chi connectivity index (χ4n) is 3.22. The standard InChI is InChI=1S/C18H23N9S/c1-12-5-7-13(8-6-12)27-17(26-9-3-2-4-10-26)24-25-18(27)28-11-14-21-15(19)23-16(20)22-14/h5-8H,2-4,9-11H2,1H3,(H4,19,20,21,22,23). The SMILES string of the molecule is Cc1ccc(-n2c(SCc3nc(N)nc(N)n3)nnc2N2CCCCC2)cc1. The second kappa shape index (κ2) is 8.01. The molecule has 1 fully saturated rings. The van der Waals surface area contributed by atoms with Crippen LogP contribution in [0.5, 0.6) is 0 Å². The molecule has 28 heavy (non-hydrogen) atoms. The maximum atomic E-state index is 5.67. The molecule has 1 aliphatic rings. The fraction of sp³-hybridized carbons (Fsp3) is 0.389. The van der Waals surface area contributed by atoms with Crippen LogP contribution in [-0.2, 0) is 5.75 Å². The van der Waals surface area contributed by atoms with Gasteiger partial charge in [0.2, 0.25) is 17.8 Å². The van der Waals surface area contributed by atoms with Gasteiger partial charge in [-0.2, -0.15) is 15.0 Å². The van der Waals surface area contributed by atoms with Gasteiger partial charge < -0.3 is 16.4 Å². The molecule has 0 unspecified atom stereocenters. The summed E-state index contributed by atoms with van der Waals surface area (Å²) >= 11 is 1.50. The Balaban J connectivity index is 1.66. The van der Waals surface area contributed by atoms with Crippen LogP contribution in [0.2, 0.25) is 0 Å². The van der Waals surface area contributed by atoms with E-state index >= 15 is 0 Å². The predicted octanol–water partition coefficient (Wildman–Crippen LogP) is 2.21. The molecule has 1 aromatic carbocycles. The van der Waals surface area contributed by atoms with Crippen molar-refractivity contribution in [3.63, 3.8) is 0 Å². The lowest BCUT2D eigenvalue weighted by atomic mass is 10.1. The molecule has 0 spiro atoms. The van der Waals surface area contributed by atoms with Gasteiger partial charge in [-0.25, -0.2) is 0 Å². The molecule has 146 valence electrons. The van der Waals surface area contributed by atoms with Crippen LogP contribution in [0.25, 0.3) is 5.69 Å². The van der Waals surface area contributed by atoms with Crippen molar-refractivity contribution in [3.05, 3.63) is 35.7 Å². The number of rotatable bonds is 5. The van der Waals surface area contributed by atoms with Gasteiger partial charge in [0.05, 0.1) is 11.4 Å². The van der Waals surface area contributed by atoms with Gasteiger partial charge in [0.25, 0.3) is 0 Å². The number of nitrogen functional groups attached to an aromatic ring is 2. The first-order valence-corrected chi connectivity index (χ1v) is 10.2. The van der Waals surface area contributed by atoms with E-state index in [2.05, 4.69) is 65.8 Å². The van der Waals surface area contributed by atoms with E-state index in [1.807, 2.05) is 0 Å². The number of hydrogen-bond donors (Lipinski definition) is 2. The lowest BCUT2D eigenvalue weighted by molar-refractivity contribution is 0.564. The summed E-state index contributed by atoms with van der Waals surface area (Å²) in [5, 5.41) is 9.73. The monoisotopic (exact) mass is 397 g/mol. The van der Waals surface area contributed by atoms with Crippen LogP contribution in [-0.4, -0.2) is 42.8 Å². The predicted molar refractivity (Wildman–Crippen MR) is 110 cm³/mol. The number of benzene rings is 1. The van der Waals surface area contributed by atoms with Crippen molar-refractivity contribution in [2.75, 3.05) is 29.5 Å². The van der Waals surface area contributed by atoms with Gasteiger partial charge in [0.15, 0.2) is 5.16 Å². The zero-order valence-corrected chi connectivity index (χ0v) is 16.6. The Labute approximate surface area is 167 Å². The number of thioether (sulfide) groups is 1. The Morgan fingerprint density at radius 2 is 1.61 bits per heavy atom. The van der Waals surface area contributed by atoms with E-state index in [0.717, 1.165) is 29.9 Å². The molecular weight excluding hydrogens is 374 g/mol. The minimum absolute atomic E-state index is 0.122. The molecule has 10 heteroatoms. The first-order valence-electron chi connectivity index (χ1n) is 9.26. The summed E-state index contributed by atoms with van der Waals surface area (Å²) in [6.07, 6.45) is 3.61. The summed E-state index contributed by atoms with van der Waals surface area (Å²) in [5.41, 5.74) is 13.6. The van der Waals surface area contributed by atoms with Crippen molar-refractivity contribution in [3.8, 4) is 5.69 Å². The van der Waals surface area contributed by atoms with Crippen molar-refractivity contribution in [1.82, 2.24) is 29.7 Å². The Morgan fingerprint density at radius 1 is 0.929 bits per heavy atom. The molecule has 1 aliphatic heterocycles. The van der Waals surface area contributed by atoms with Crippen molar-refractivity contribution < 1.29 is 0 Å². The zero-order valence-electron chi connectivity index (χ0n) is 15.7. The summed E-state index contributed by atoms with van der Waals surface area (Å²) in [4.78, 5) is 14.4. The highest BCUT2D eigenvalue weighted by molar-refractivity contribution is 7.98. The Bertz CT molecular complexity index is 928. The molecule has 9 nitrogen and oxygen atoms in total. The lowest BCUT2D eigenvalue weighted by Gasteiger charge is -2.27. The average Bonchev–Trinajstić information content (AvgIpc) is 3.11. The number of hydrogen-bond acceptors (Lipinski definition) is 9. The molecule has 0 atom stereocenters. The first-order chi connectivity index (χ1) is 13.6. The summed E-state index contributed by atoms with van der Waals surface area (Å²) in [6.45, 7) is 4.07. The van der Waals surface area contributed by atoms with E-state index in [-0.39, 0.29) is 11.9 Å². The summed E-state index contributed by atoms with van der Waals surface area (Å²) in [7, 11) is 0. The lowest BCUT2D eigenvalue weighted by Crippen LogP contribution is -2.31. The zero-order chi connectivity index (χ0) is 19.5. The maximum absolute atomic E-state index is 5.67. The Morgan fingerprint density at radius 3 is 2.29 bits per heavy atom. The summed E-state index contributed by atoms with van der Waals surface area (Å²) in [5.74, 6) is 2.11. The van der Waals surface area contributed by atoms with Gasteiger partial charge >= 0.3 is 0 Å². The second-order valence-electron chi connectivity index (χ2n) is 6.76. The number of aromatic nitrogens is 6. The molecule has 3 heterocycles. The van der Waals surface area contributed by atoms with E-state index in [1.165, 1.54) is 36.6 Å². The van der Waals surface area contributed by atoms with Crippen molar-refractivity contribution in [2.45, 2.75) is 37.1 Å². The molecule has 0 amide bonds. The van der Waals surface area contributed by atoms with Crippen LogP contribution in [0.4, 0.5) is 17.8 Å². The quantitative estimate of drug-likeness (QED) is 0.623. The Kier molecular flexibility index (Phi) is 5.29. The van der Waals surface area contributed by atoms with Crippen LogP contribution >= 0.6 is 11.8 Å². The molecule has 3 aromatic rings. The van der Waals surface area contributed by atoms with E-state index in [4.69, 9.17) is 11.5 Å². The maximum Gasteiger partial charge on any atom is 0.232 e. The van der Waals surface area contributed by atoms with Gasteiger partial charge in [0.1, 0.15) is 5.82 Å². The van der Waals surface area contributed by atoms with Crippen LogP contribution < -0.4 is 16.4 Å². The number of piperidine rings is 1. The van der Waals surface area contributed by atoms with Crippen LogP contribution in [0.15, 0.2) is 29.4 Å². The van der Waals surface area contributed by atoms with E-state index in [0.29, 0.717) is 11.6 Å². The average molecular weight is 398 g/mol. The topological polar surface area (TPSA) is 125 Å². The third-order valence-electron chi connectivity index (χ3n) is 4.59. The number of anilines is 3. The van der Waals surface area contributed by atoms with Crippen LogP contribution in [0.1, 0.15) is 30.7 Å². The van der Waals surface area contributed by atoms with Crippen molar-refractivity contribution in [2.24, 2.45) is 0 Å². The molecule has 0 saturated carbocycles. The highest BCUT2D eigenvalue weighted by Gasteiger charge is 2.21. The molecule has 2 aromatic heterocycles. The highest BCUT2D eigenvalue weighted by Crippen LogP contribution is 2.29. The smallest absolute Gasteiger partial charge is 0.232 e. The van der Waals surface area contributed by atoms with Gasteiger partial charge in [-0.05, 0) is 38.3 Å². The molecule has 1 saturated heterocycles. The minimum Gasteiger partial charge on any atom is -0.368 e. The van der Waals surface area contributed by atoms with Crippen molar-refractivity contribution in [1.29, 1.82) is 0 Å². The highest BCUT2D eigenvalue weighted by atomic mass is 32.2. The summed E-state index contributed by atoms with van der Waals surface area (Å²) < 4.78 is 2.10. The molecule has 0 radical (unpaired) electrons. The molecule has 4 rings (SSSR count). The number of nitrogens with two attached hydrogens (primary N) is 2. The van der Waals surface area contributed by atoms with E-state index in [1.54, 1.807) is 0 Å². The van der Waals surface area contributed by atoms with E-state index in [9.17, 15) is 0 Å². The number of nitrogens with zero attached hydrogens (tertiary/aromatic N) is 7. The Hall–Kier alpha value is -2.88. The molecule has 0 aliphatic carbocycles.